The molecule has 1 aliphatic rings. The molecule has 0 radical (unpaired) electrons. The molecular weight excluding hydrogens is 336 g/mol. The summed E-state index contributed by atoms with van der Waals surface area (Å²) in [6.07, 6.45) is -5.69. The average Bonchev–Trinajstić information content (AvgIpc) is 2.67. The van der Waals surface area contributed by atoms with E-state index in [1.807, 2.05) is 60.7 Å². The van der Waals surface area contributed by atoms with E-state index in [-0.39, 0.29) is 13.2 Å². The summed E-state index contributed by atoms with van der Waals surface area (Å²) in [5.41, 5.74) is 1.94. The fourth-order valence-corrected chi connectivity index (χ4v) is 2.89. The Morgan fingerprint density at radius 2 is 1.35 bits per heavy atom. The van der Waals surface area contributed by atoms with Crippen LogP contribution < -0.4 is 0 Å². The van der Waals surface area contributed by atoms with Crippen LogP contribution in [0.4, 0.5) is 0 Å². The van der Waals surface area contributed by atoms with Crippen LogP contribution in [0.2, 0.25) is 0 Å². The number of aliphatic hydroxyl groups is 3. The SMILES string of the molecule is OC1O[C@H](COCc2ccccc2)[C@@H](OCc2ccccc2)[C@H](O)[C@@H]1O. The predicted molar refractivity (Wildman–Crippen MR) is 94.0 cm³/mol. The summed E-state index contributed by atoms with van der Waals surface area (Å²) >= 11 is 0. The zero-order valence-electron chi connectivity index (χ0n) is 14.3. The van der Waals surface area contributed by atoms with Crippen LogP contribution in [-0.2, 0) is 27.4 Å². The second kappa shape index (κ2) is 9.23. The zero-order valence-corrected chi connectivity index (χ0v) is 14.3. The number of rotatable bonds is 7. The molecule has 0 amide bonds. The van der Waals surface area contributed by atoms with Crippen LogP contribution in [-0.4, -0.2) is 52.6 Å². The summed E-state index contributed by atoms with van der Waals surface area (Å²) in [4.78, 5) is 0. The topological polar surface area (TPSA) is 88.4 Å². The lowest BCUT2D eigenvalue weighted by atomic mass is 9.99. The Hall–Kier alpha value is -1.80. The van der Waals surface area contributed by atoms with Gasteiger partial charge in [-0.05, 0) is 11.1 Å². The third-order valence-corrected chi connectivity index (χ3v) is 4.34. The fraction of sp³-hybridized carbons (Fsp3) is 0.400. The maximum atomic E-state index is 10.3. The number of aliphatic hydroxyl groups excluding tert-OH is 3. The normalized spacial score (nSPS) is 28.8. The Bertz CT molecular complexity index is 650. The molecule has 0 bridgehead atoms. The van der Waals surface area contributed by atoms with Crippen LogP contribution in [0.25, 0.3) is 0 Å². The Morgan fingerprint density at radius 1 is 0.769 bits per heavy atom. The van der Waals surface area contributed by atoms with Gasteiger partial charge in [0.2, 0.25) is 0 Å². The molecule has 2 aromatic rings. The molecule has 1 unspecified atom stereocenters. The van der Waals surface area contributed by atoms with Gasteiger partial charge in [-0.15, -0.1) is 0 Å². The Balaban J connectivity index is 1.59. The second-order valence-electron chi connectivity index (χ2n) is 6.31. The van der Waals surface area contributed by atoms with E-state index in [1.165, 1.54) is 0 Å². The Labute approximate surface area is 152 Å². The van der Waals surface area contributed by atoms with Crippen molar-refractivity contribution in [3.8, 4) is 0 Å². The third-order valence-electron chi connectivity index (χ3n) is 4.34. The molecule has 26 heavy (non-hydrogen) atoms. The molecule has 6 heteroatoms. The molecule has 1 saturated heterocycles. The van der Waals surface area contributed by atoms with Gasteiger partial charge >= 0.3 is 0 Å². The van der Waals surface area contributed by atoms with E-state index in [0.717, 1.165) is 11.1 Å². The highest BCUT2D eigenvalue weighted by molar-refractivity contribution is 5.14. The molecule has 1 heterocycles. The minimum absolute atomic E-state index is 0.120. The van der Waals surface area contributed by atoms with Crippen LogP contribution in [0.3, 0.4) is 0 Å². The van der Waals surface area contributed by atoms with Gasteiger partial charge in [-0.2, -0.15) is 0 Å². The van der Waals surface area contributed by atoms with Crippen molar-refractivity contribution >= 4 is 0 Å². The monoisotopic (exact) mass is 360 g/mol. The van der Waals surface area contributed by atoms with Crippen LogP contribution in [0.15, 0.2) is 60.7 Å². The van der Waals surface area contributed by atoms with Crippen molar-refractivity contribution in [3.63, 3.8) is 0 Å². The zero-order chi connectivity index (χ0) is 18.4. The van der Waals surface area contributed by atoms with E-state index in [0.29, 0.717) is 6.61 Å². The first-order valence-corrected chi connectivity index (χ1v) is 8.62. The highest BCUT2D eigenvalue weighted by Crippen LogP contribution is 2.24. The largest absolute Gasteiger partial charge is 0.387 e. The molecule has 3 rings (SSSR count). The highest BCUT2D eigenvalue weighted by atomic mass is 16.7. The molecule has 0 spiro atoms. The molecule has 2 aromatic carbocycles. The summed E-state index contributed by atoms with van der Waals surface area (Å²) in [5, 5.41) is 30.0. The van der Waals surface area contributed by atoms with Crippen molar-refractivity contribution in [2.45, 2.75) is 43.9 Å². The van der Waals surface area contributed by atoms with Crippen molar-refractivity contribution in [2.75, 3.05) is 6.61 Å². The molecule has 0 aromatic heterocycles. The second-order valence-corrected chi connectivity index (χ2v) is 6.31. The third kappa shape index (κ3) is 4.88. The van der Waals surface area contributed by atoms with Gasteiger partial charge in [0.25, 0.3) is 0 Å². The first-order valence-electron chi connectivity index (χ1n) is 8.62. The van der Waals surface area contributed by atoms with E-state index in [9.17, 15) is 15.3 Å². The first kappa shape index (κ1) is 19.0. The summed E-state index contributed by atoms with van der Waals surface area (Å²) < 4.78 is 16.9. The lowest BCUT2D eigenvalue weighted by molar-refractivity contribution is -0.298. The fourth-order valence-electron chi connectivity index (χ4n) is 2.89. The molecule has 1 aliphatic heterocycles. The van der Waals surface area contributed by atoms with Crippen LogP contribution in [0.1, 0.15) is 11.1 Å². The molecule has 0 aliphatic carbocycles. The predicted octanol–water partition coefficient (Wildman–Crippen LogP) is 1.23. The van der Waals surface area contributed by atoms with Gasteiger partial charge in [0.1, 0.15) is 24.4 Å². The lowest BCUT2D eigenvalue weighted by Gasteiger charge is -2.40. The maximum absolute atomic E-state index is 10.3. The molecule has 1 fully saturated rings. The van der Waals surface area contributed by atoms with Crippen molar-refractivity contribution in [2.24, 2.45) is 0 Å². The van der Waals surface area contributed by atoms with Crippen LogP contribution in [0.5, 0.6) is 0 Å². The summed E-state index contributed by atoms with van der Waals surface area (Å²) in [6.45, 7) is 0.750. The van der Waals surface area contributed by atoms with Gasteiger partial charge in [-0.1, -0.05) is 60.7 Å². The van der Waals surface area contributed by atoms with E-state index < -0.39 is 30.7 Å². The van der Waals surface area contributed by atoms with E-state index in [2.05, 4.69) is 0 Å². The van der Waals surface area contributed by atoms with Crippen LogP contribution in [0, 0.1) is 0 Å². The van der Waals surface area contributed by atoms with Gasteiger partial charge < -0.3 is 29.5 Å². The Morgan fingerprint density at radius 3 is 1.96 bits per heavy atom. The first-order chi connectivity index (χ1) is 12.6. The van der Waals surface area contributed by atoms with Gasteiger partial charge in [-0.3, -0.25) is 0 Å². The van der Waals surface area contributed by atoms with Crippen molar-refractivity contribution in [1.82, 2.24) is 0 Å². The maximum Gasteiger partial charge on any atom is 0.184 e. The lowest BCUT2D eigenvalue weighted by Crippen LogP contribution is -2.59. The summed E-state index contributed by atoms with van der Waals surface area (Å²) in [7, 11) is 0. The molecule has 0 saturated carbocycles. The quantitative estimate of drug-likeness (QED) is 0.688. The van der Waals surface area contributed by atoms with Gasteiger partial charge in [-0.25, -0.2) is 0 Å². The highest BCUT2D eigenvalue weighted by Gasteiger charge is 2.44. The molecular formula is C20H24O6. The summed E-state index contributed by atoms with van der Waals surface area (Å²) in [6, 6.07) is 19.2. The Kier molecular flexibility index (Phi) is 6.73. The number of ether oxygens (including phenoxy) is 3. The number of benzene rings is 2. The summed E-state index contributed by atoms with van der Waals surface area (Å²) in [5.74, 6) is 0. The van der Waals surface area contributed by atoms with Gasteiger partial charge in [0.15, 0.2) is 6.29 Å². The van der Waals surface area contributed by atoms with Crippen molar-refractivity contribution < 1.29 is 29.5 Å². The molecule has 3 N–H and O–H groups in total. The van der Waals surface area contributed by atoms with E-state index in [4.69, 9.17) is 14.2 Å². The average molecular weight is 360 g/mol. The number of hydrogen-bond donors (Lipinski definition) is 3. The molecule has 140 valence electrons. The van der Waals surface area contributed by atoms with Gasteiger partial charge in [0.05, 0.1) is 19.8 Å². The van der Waals surface area contributed by atoms with Crippen LogP contribution >= 0.6 is 0 Å². The van der Waals surface area contributed by atoms with Crippen molar-refractivity contribution in [3.05, 3.63) is 71.8 Å². The standard InChI is InChI=1S/C20H24O6/c21-17-18(22)20(23)26-16(13-24-11-14-7-3-1-4-8-14)19(17)25-12-15-9-5-2-6-10-15/h1-10,16-23H,11-13H2/t16-,17-,18+,19-,20?/m1/s1. The van der Waals surface area contributed by atoms with E-state index >= 15 is 0 Å². The van der Waals surface area contributed by atoms with E-state index in [1.54, 1.807) is 0 Å². The molecule has 6 nitrogen and oxygen atoms in total. The minimum atomic E-state index is -1.48. The van der Waals surface area contributed by atoms with Crippen molar-refractivity contribution in [1.29, 1.82) is 0 Å². The molecule has 5 atom stereocenters. The number of hydrogen-bond acceptors (Lipinski definition) is 6. The smallest absolute Gasteiger partial charge is 0.184 e. The minimum Gasteiger partial charge on any atom is -0.387 e. The van der Waals surface area contributed by atoms with Gasteiger partial charge in [0, 0.05) is 0 Å².